The summed E-state index contributed by atoms with van der Waals surface area (Å²) in [5, 5.41) is 16.0. The molecule has 0 aromatic rings. The van der Waals surface area contributed by atoms with E-state index in [1.807, 2.05) is 0 Å². The largest absolute Gasteiger partial charge is 0.478 e. The van der Waals surface area contributed by atoms with Crippen molar-refractivity contribution in [1.29, 1.82) is 0 Å². The second-order valence-corrected chi connectivity index (χ2v) is 3.12. The summed E-state index contributed by atoms with van der Waals surface area (Å²) in [5.41, 5.74) is 0.440. The van der Waals surface area contributed by atoms with Crippen LogP contribution in [0.1, 0.15) is 27.2 Å². The molecule has 0 unspecified atom stereocenters. The summed E-state index contributed by atoms with van der Waals surface area (Å²) in [7, 11) is 0. The molecule has 6 heteroatoms. The van der Waals surface area contributed by atoms with Crippen LogP contribution in [0.3, 0.4) is 0 Å². The highest BCUT2D eigenvalue weighted by molar-refractivity contribution is 5.85. The van der Waals surface area contributed by atoms with Crippen molar-refractivity contribution in [2.75, 3.05) is 0 Å². The molecule has 2 N–H and O–H groups in total. The highest BCUT2D eigenvalue weighted by atomic mass is 16.5. The van der Waals surface area contributed by atoms with E-state index >= 15 is 0 Å². The molecule has 19 heavy (non-hydrogen) atoms. The molecule has 0 spiro atoms. The normalized spacial score (nSPS) is 7.53. The van der Waals surface area contributed by atoms with E-state index in [0.29, 0.717) is 6.42 Å². The quantitative estimate of drug-likeness (QED) is 0.463. The van der Waals surface area contributed by atoms with E-state index in [2.05, 4.69) is 24.5 Å². The number of hydrogen-bond donors (Lipinski definition) is 2. The Kier molecular flexibility index (Phi) is 15.8. The lowest BCUT2D eigenvalue weighted by Gasteiger charge is -1.87. The summed E-state index contributed by atoms with van der Waals surface area (Å²) in [6.07, 6.45) is 1.62. The van der Waals surface area contributed by atoms with E-state index in [1.165, 1.54) is 13.8 Å². The first kappa shape index (κ1) is 21.9. The van der Waals surface area contributed by atoms with Gasteiger partial charge in [-0.3, -0.25) is 4.79 Å². The molecular formula is C13H20O6. The van der Waals surface area contributed by atoms with Crippen LogP contribution in [0.5, 0.6) is 0 Å². The highest BCUT2D eigenvalue weighted by Gasteiger charge is 1.96. The number of carbonyl (C=O) groups excluding carboxylic acids is 1. The fourth-order valence-corrected chi connectivity index (χ4v) is 0.269. The lowest BCUT2D eigenvalue weighted by Crippen LogP contribution is -1.95. The molecule has 0 rings (SSSR count). The molecular weight excluding hydrogens is 252 g/mol. The molecule has 0 saturated carbocycles. The Hall–Kier alpha value is -2.37. The maximum absolute atomic E-state index is 9.83. The molecule has 108 valence electrons. The highest BCUT2D eigenvalue weighted by Crippen LogP contribution is 1.93. The molecule has 0 heterocycles. The summed E-state index contributed by atoms with van der Waals surface area (Å²) in [6, 6.07) is 0. The Morgan fingerprint density at radius 2 is 1.47 bits per heavy atom. The van der Waals surface area contributed by atoms with Gasteiger partial charge in [0.1, 0.15) is 0 Å². The number of carbonyl (C=O) groups is 3. The van der Waals surface area contributed by atoms with Gasteiger partial charge in [0.15, 0.2) is 0 Å². The van der Waals surface area contributed by atoms with Crippen LogP contribution >= 0.6 is 0 Å². The van der Waals surface area contributed by atoms with E-state index < -0.39 is 11.9 Å². The van der Waals surface area contributed by atoms with Crippen LogP contribution in [0.4, 0.5) is 0 Å². The van der Waals surface area contributed by atoms with Crippen LogP contribution in [0, 0.1) is 0 Å². The minimum atomic E-state index is -0.935. The lowest BCUT2D eigenvalue weighted by molar-refractivity contribution is -0.135. The number of aliphatic carboxylic acids is 2. The first-order valence-electron chi connectivity index (χ1n) is 5.18. The molecule has 0 radical (unpaired) electrons. The fraction of sp³-hybridized carbons (Fsp3) is 0.308. The number of esters is 1. The number of rotatable bonds is 4. The molecule has 0 aliphatic carbocycles. The van der Waals surface area contributed by atoms with Crippen molar-refractivity contribution in [3.8, 4) is 0 Å². The lowest BCUT2D eigenvalue weighted by atomic mass is 10.2. The van der Waals surface area contributed by atoms with E-state index in [1.54, 1.807) is 6.92 Å². The van der Waals surface area contributed by atoms with Gasteiger partial charge in [0, 0.05) is 18.1 Å². The molecule has 6 nitrogen and oxygen atoms in total. The summed E-state index contributed by atoms with van der Waals surface area (Å²) < 4.78 is 4.17. The van der Waals surface area contributed by atoms with Gasteiger partial charge in [0.25, 0.3) is 0 Å². The van der Waals surface area contributed by atoms with Crippen LogP contribution < -0.4 is 0 Å². The predicted molar refractivity (Wildman–Crippen MR) is 71.5 cm³/mol. The van der Waals surface area contributed by atoms with E-state index in [-0.39, 0.29) is 17.1 Å². The Morgan fingerprint density at radius 1 is 1.11 bits per heavy atom. The first-order valence-corrected chi connectivity index (χ1v) is 5.18. The minimum absolute atomic E-state index is 0.176. The zero-order chi connectivity index (χ0) is 16.0. The van der Waals surface area contributed by atoms with Gasteiger partial charge < -0.3 is 14.9 Å². The zero-order valence-electron chi connectivity index (χ0n) is 11.4. The van der Waals surface area contributed by atoms with E-state index in [0.717, 1.165) is 6.26 Å². The summed E-state index contributed by atoms with van der Waals surface area (Å²) in [4.78, 5) is 29.2. The van der Waals surface area contributed by atoms with Crippen LogP contribution in [-0.2, 0) is 19.1 Å². The smallest absolute Gasteiger partial charge is 0.330 e. The maximum atomic E-state index is 9.83. The molecule has 0 saturated heterocycles. The second kappa shape index (κ2) is 13.7. The van der Waals surface area contributed by atoms with Crippen molar-refractivity contribution in [1.82, 2.24) is 0 Å². The van der Waals surface area contributed by atoms with Crippen molar-refractivity contribution >= 4 is 17.9 Å². The molecule has 0 amide bonds. The van der Waals surface area contributed by atoms with Gasteiger partial charge in [-0.15, -0.1) is 0 Å². The van der Waals surface area contributed by atoms with Crippen molar-refractivity contribution in [2.45, 2.75) is 27.2 Å². The third-order valence-electron chi connectivity index (χ3n) is 1.34. The third kappa shape index (κ3) is 25.7. The van der Waals surface area contributed by atoms with Crippen LogP contribution in [0.2, 0.25) is 0 Å². The Balaban J connectivity index is -0.000000203. The standard InChI is InChI=1S/C5H8O2.2C4H6O2/c1-3-4(2)5(6)7;1-3-6-4(2)5;1-3(2)4(5)6/h2-3H2,1H3,(H,6,7);3H,1H2,2H3;1H2,2H3,(H,5,6). The van der Waals surface area contributed by atoms with E-state index in [9.17, 15) is 14.4 Å². The Bertz CT molecular complexity index is 342. The number of hydrogen-bond acceptors (Lipinski definition) is 4. The fourth-order valence-electron chi connectivity index (χ4n) is 0.269. The van der Waals surface area contributed by atoms with Gasteiger partial charge in [-0.05, 0) is 13.3 Å². The summed E-state index contributed by atoms with van der Waals surface area (Å²) in [6.45, 7) is 14.1. The minimum Gasteiger partial charge on any atom is -0.478 e. The van der Waals surface area contributed by atoms with Crippen LogP contribution in [-0.4, -0.2) is 28.1 Å². The third-order valence-corrected chi connectivity index (χ3v) is 1.34. The maximum Gasteiger partial charge on any atom is 0.330 e. The van der Waals surface area contributed by atoms with Crippen molar-refractivity contribution < 1.29 is 29.3 Å². The average molecular weight is 272 g/mol. The second-order valence-electron chi connectivity index (χ2n) is 3.12. The predicted octanol–water partition coefficient (Wildman–Crippen LogP) is 2.38. The zero-order valence-corrected chi connectivity index (χ0v) is 11.4. The van der Waals surface area contributed by atoms with Gasteiger partial charge in [0.2, 0.25) is 0 Å². The molecule has 0 aliphatic heterocycles. The molecule has 0 atom stereocenters. The molecule has 0 fully saturated rings. The monoisotopic (exact) mass is 272 g/mol. The molecule has 0 aromatic heterocycles. The van der Waals surface area contributed by atoms with Crippen LogP contribution in [0.25, 0.3) is 0 Å². The summed E-state index contributed by atoms with van der Waals surface area (Å²) >= 11 is 0. The summed E-state index contributed by atoms with van der Waals surface area (Å²) in [5.74, 6) is -2.16. The first-order chi connectivity index (χ1) is 8.59. The topological polar surface area (TPSA) is 101 Å². The molecule has 0 aliphatic rings. The SMILES string of the molecule is C=C(C)C(=O)O.C=C(CC)C(=O)O.C=COC(C)=O. The Labute approximate surface area is 112 Å². The molecule has 0 aromatic carbocycles. The van der Waals surface area contributed by atoms with Gasteiger partial charge in [-0.2, -0.15) is 0 Å². The van der Waals surface area contributed by atoms with Crippen molar-refractivity contribution in [2.24, 2.45) is 0 Å². The average Bonchev–Trinajstić information content (AvgIpc) is 2.29. The van der Waals surface area contributed by atoms with Gasteiger partial charge >= 0.3 is 17.9 Å². The molecule has 0 bridgehead atoms. The van der Waals surface area contributed by atoms with E-state index in [4.69, 9.17) is 10.2 Å². The van der Waals surface area contributed by atoms with Crippen LogP contribution in [0.15, 0.2) is 37.1 Å². The van der Waals surface area contributed by atoms with Crippen molar-refractivity contribution in [3.05, 3.63) is 37.1 Å². The number of carboxylic acids is 2. The van der Waals surface area contributed by atoms with Gasteiger partial charge in [-0.1, -0.05) is 26.7 Å². The number of ether oxygens (including phenoxy) is 1. The number of carboxylic acid groups (broad SMARTS) is 2. The van der Waals surface area contributed by atoms with Gasteiger partial charge in [0.05, 0.1) is 6.26 Å². The Morgan fingerprint density at radius 3 is 1.47 bits per heavy atom. The van der Waals surface area contributed by atoms with Crippen molar-refractivity contribution in [3.63, 3.8) is 0 Å². The van der Waals surface area contributed by atoms with Gasteiger partial charge in [-0.25, -0.2) is 9.59 Å².